The first-order valence-electron chi connectivity index (χ1n) is 5.68. The summed E-state index contributed by atoms with van der Waals surface area (Å²) in [5, 5.41) is 0. The molecule has 1 aliphatic rings. The zero-order valence-electron chi connectivity index (χ0n) is 9.13. The average Bonchev–Trinajstić information content (AvgIpc) is 2.09. The molecule has 0 saturated carbocycles. The summed E-state index contributed by atoms with van der Waals surface area (Å²) >= 11 is 0. The van der Waals surface area contributed by atoms with Crippen LogP contribution in [0.1, 0.15) is 39.5 Å². The van der Waals surface area contributed by atoms with Crippen molar-refractivity contribution in [1.82, 2.24) is 4.90 Å². The van der Waals surface area contributed by atoms with Crippen molar-refractivity contribution in [3.8, 4) is 0 Å². The van der Waals surface area contributed by atoms with Gasteiger partial charge in [-0.2, -0.15) is 0 Å². The van der Waals surface area contributed by atoms with Crippen LogP contribution in [0, 0.1) is 5.92 Å². The van der Waals surface area contributed by atoms with Gasteiger partial charge in [-0.05, 0) is 58.2 Å². The lowest BCUT2D eigenvalue weighted by atomic mass is 9.93. The second kappa shape index (κ2) is 5.61. The Bertz CT molecular complexity index is 136. The van der Waals surface area contributed by atoms with Gasteiger partial charge in [0.05, 0.1) is 0 Å². The maximum absolute atomic E-state index is 5.48. The van der Waals surface area contributed by atoms with E-state index >= 15 is 0 Å². The smallest absolute Gasteiger partial charge is 0.00694 e. The quantitative estimate of drug-likeness (QED) is 0.676. The summed E-state index contributed by atoms with van der Waals surface area (Å²) < 4.78 is 0. The van der Waals surface area contributed by atoms with Crippen molar-refractivity contribution in [3.05, 3.63) is 0 Å². The van der Waals surface area contributed by atoms with E-state index < -0.39 is 0 Å². The predicted molar refractivity (Wildman–Crippen MR) is 57.7 cm³/mol. The largest absolute Gasteiger partial charge is 0.330 e. The standard InChI is InChI=1S/C11H24N2/c1-10-5-8-13(11(2)9-10)7-4-3-6-12/h10-11H,3-9,12H2,1-2H3. The summed E-state index contributed by atoms with van der Waals surface area (Å²) in [6.45, 7) is 8.13. The Morgan fingerprint density at radius 3 is 2.69 bits per heavy atom. The van der Waals surface area contributed by atoms with Crippen LogP contribution in [0.15, 0.2) is 0 Å². The molecule has 0 aliphatic carbocycles. The average molecular weight is 184 g/mol. The summed E-state index contributed by atoms with van der Waals surface area (Å²) in [5.74, 6) is 0.931. The SMILES string of the molecule is CC1CCN(CCCCN)C(C)C1. The fourth-order valence-corrected chi connectivity index (χ4v) is 2.25. The molecular weight excluding hydrogens is 160 g/mol. The first-order chi connectivity index (χ1) is 6.24. The lowest BCUT2D eigenvalue weighted by Gasteiger charge is -2.36. The van der Waals surface area contributed by atoms with Gasteiger partial charge < -0.3 is 10.6 Å². The summed E-state index contributed by atoms with van der Waals surface area (Å²) in [6, 6.07) is 0.793. The summed E-state index contributed by atoms with van der Waals surface area (Å²) in [6.07, 6.45) is 5.21. The van der Waals surface area contributed by atoms with Crippen LogP contribution in [0.4, 0.5) is 0 Å². The molecule has 1 fully saturated rings. The Hall–Kier alpha value is -0.0800. The molecule has 2 nitrogen and oxygen atoms in total. The highest BCUT2D eigenvalue weighted by molar-refractivity contribution is 4.76. The molecule has 78 valence electrons. The first-order valence-corrected chi connectivity index (χ1v) is 5.68. The van der Waals surface area contributed by atoms with E-state index in [9.17, 15) is 0 Å². The highest BCUT2D eigenvalue weighted by Gasteiger charge is 2.21. The maximum atomic E-state index is 5.48. The summed E-state index contributed by atoms with van der Waals surface area (Å²) in [4.78, 5) is 2.62. The van der Waals surface area contributed by atoms with Crippen molar-refractivity contribution in [2.75, 3.05) is 19.6 Å². The van der Waals surface area contributed by atoms with E-state index in [1.165, 1.54) is 38.8 Å². The van der Waals surface area contributed by atoms with Gasteiger partial charge in [-0.15, -0.1) is 0 Å². The second-order valence-corrected chi connectivity index (χ2v) is 4.51. The van der Waals surface area contributed by atoms with Gasteiger partial charge in [0.25, 0.3) is 0 Å². The number of rotatable bonds is 4. The zero-order chi connectivity index (χ0) is 9.68. The molecule has 1 aliphatic heterocycles. The lowest BCUT2D eigenvalue weighted by Crippen LogP contribution is -2.40. The topological polar surface area (TPSA) is 29.3 Å². The normalized spacial score (nSPS) is 30.7. The Kier molecular flexibility index (Phi) is 4.74. The summed E-state index contributed by atoms with van der Waals surface area (Å²) in [5.41, 5.74) is 5.48. The Morgan fingerprint density at radius 2 is 2.08 bits per heavy atom. The van der Waals surface area contributed by atoms with Gasteiger partial charge >= 0.3 is 0 Å². The molecule has 0 spiro atoms. The van der Waals surface area contributed by atoms with E-state index in [1.807, 2.05) is 0 Å². The minimum absolute atomic E-state index is 0.793. The third-order valence-corrected chi connectivity index (χ3v) is 3.18. The van der Waals surface area contributed by atoms with Gasteiger partial charge in [-0.1, -0.05) is 6.92 Å². The highest BCUT2D eigenvalue weighted by Crippen LogP contribution is 2.21. The number of piperidine rings is 1. The third kappa shape index (κ3) is 3.65. The minimum atomic E-state index is 0.793. The minimum Gasteiger partial charge on any atom is -0.330 e. The first kappa shape index (κ1) is 11.0. The van der Waals surface area contributed by atoms with Gasteiger partial charge in [-0.3, -0.25) is 0 Å². The van der Waals surface area contributed by atoms with Crippen molar-refractivity contribution in [1.29, 1.82) is 0 Å². The third-order valence-electron chi connectivity index (χ3n) is 3.18. The molecule has 0 aromatic rings. The molecule has 2 unspecified atom stereocenters. The molecule has 1 saturated heterocycles. The molecule has 0 radical (unpaired) electrons. The van der Waals surface area contributed by atoms with Crippen molar-refractivity contribution in [2.45, 2.75) is 45.6 Å². The summed E-state index contributed by atoms with van der Waals surface area (Å²) in [7, 11) is 0. The van der Waals surface area contributed by atoms with Crippen LogP contribution >= 0.6 is 0 Å². The molecule has 2 atom stereocenters. The van der Waals surface area contributed by atoms with Crippen LogP contribution in [0.3, 0.4) is 0 Å². The van der Waals surface area contributed by atoms with E-state index in [0.29, 0.717) is 0 Å². The molecule has 13 heavy (non-hydrogen) atoms. The molecule has 1 heterocycles. The van der Waals surface area contributed by atoms with Crippen LogP contribution in [0.5, 0.6) is 0 Å². The van der Waals surface area contributed by atoms with E-state index in [4.69, 9.17) is 5.73 Å². The molecule has 0 aromatic heterocycles. The number of nitrogens with zero attached hydrogens (tertiary/aromatic N) is 1. The fraction of sp³-hybridized carbons (Fsp3) is 1.00. The second-order valence-electron chi connectivity index (χ2n) is 4.51. The monoisotopic (exact) mass is 184 g/mol. The highest BCUT2D eigenvalue weighted by atomic mass is 15.2. The molecule has 2 heteroatoms. The van der Waals surface area contributed by atoms with Gasteiger partial charge in [-0.25, -0.2) is 0 Å². The Labute approximate surface area is 82.5 Å². The van der Waals surface area contributed by atoms with Gasteiger partial charge in [0.1, 0.15) is 0 Å². The van der Waals surface area contributed by atoms with Gasteiger partial charge in [0.15, 0.2) is 0 Å². The molecule has 0 aromatic carbocycles. The van der Waals surface area contributed by atoms with Crippen molar-refractivity contribution >= 4 is 0 Å². The maximum Gasteiger partial charge on any atom is 0.00694 e. The Balaban J connectivity index is 2.18. The van der Waals surface area contributed by atoms with Crippen LogP contribution in [-0.2, 0) is 0 Å². The van der Waals surface area contributed by atoms with Crippen molar-refractivity contribution in [3.63, 3.8) is 0 Å². The van der Waals surface area contributed by atoms with E-state index in [2.05, 4.69) is 18.7 Å². The molecule has 1 rings (SSSR count). The van der Waals surface area contributed by atoms with Crippen LogP contribution in [0.2, 0.25) is 0 Å². The molecule has 0 bridgehead atoms. The number of likely N-dealkylation sites (tertiary alicyclic amines) is 1. The molecule has 0 amide bonds. The van der Waals surface area contributed by atoms with Crippen molar-refractivity contribution < 1.29 is 0 Å². The Morgan fingerprint density at radius 1 is 1.31 bits per heavy atom. The number of nitrogens with two attached hydrogens (primary N) is 1. The van der Waals surface area contributed by atoms with E-state index in [0.717, 1.165) is 18.5 Å². The van der Waals surface area contributed by atoms with Gasteiger partial charge in [0.2, 0.25) is 0 Å². The number of hydrogen-bond acceptors (Lipinski definition) is 2. The van der Waals surface area contributed by atoms with Crippen LogP contribution < -0.4 is 5.73 Å². The van der Waals surface area contributed by atoms with E-state index in [-0.39, 0.29) is 0 Å². The molecule has 2 N–H and O–H groups in total. The van der Waals surface area contributed by atoms with Gasteiger partial charge in [0, 0.05) is 6.04 Å². The van der Waals surface area contributed by atoms with E-state index in [1.54, 1.807) is 0 Å². The van der Waals surface area contributed by atoms with Crippen molar-refractivity contribution in [2.24, 2.45) is 11.7 Å². The number of hydrogen-bond donors (Lipinski definition) is 1. The lowest BCUT2D eigenvalue weighted by molar-refractivity contribution is 0.127. The fourth-order valence-electron chi connectivity index (χ4n) is 2.25. The van der Waals surface area contributed by atoms with Crippen LogP contribution in [0.25, 0.3) is 0 Å². The number of unbranched alkanes of at least 4 members (excludes halogenated alkanes) is 1. The van der Waals surface area contributed by atoms with Crippen LogP contribution in [-0.4, -0.2) is 30.6 Å². The molecular formula is C11H24N2. The predicted octanol–water partition coefficient (Wildman–Crippen LogP) is 1.85. The zero-order valence-corrected chi connectivity index (χ0v) is 9.13.